The van der Waals surface area contributed by atoms with Crippen LogP contribution in [0.3, 0.4) is 0 Å². The standard InChI is InChI=1S/C8H6FNO4.C2H6/c1-14-8(11)5-2-3-7(10(12)13)6(9)4-5;1-2/h2-4H,1H3;1-2H3. The smallest absolute Gasteiger partial charge is 0.337 e. The van der Waals surface area contributed by atoms with Crippen molar-refractivity contribution in [1.82, 2.24) is 0 Å². The number of nitro groups is 1. The van der Waals surface area contributed by atoms with E-state index in [1.54, 1.807) is 0 Å². The largest absolute Gasteiger partial charge is 0.465 e. The van der Waals surface area contributed by atoms with Gasteiger partial charge in [0.2, 0.25) is 5.82 Å². The van der Waals surface area contributed by atoms with Crippen molar-refractivity contribution in [3.05, 3.63) is 39.7 Å². The molecule has 1 rings (SSSR count). The molecule has 0 heterocycles. The second-order valence-corrected chi connectivity index (χ2v) is 2.41. The Morgan fingerprint density at radius 3 is 2.38 bits per heavy atom. The lowest BCUT2D eigenvalue weighted by atomic mass is 10.2. The van der Waals surface area contributed by atoms with E-state index in [4.69, 9.17) is 0 Å². The summed E-state index contributed by atoms with van der Waals surface area (Å²) in [7, 11) is 1.14. The number of nitrogens with zero attached hydrogens (tertiary/aromatic N) is 1. The quantitative estimate of drug-likeness (QED) is 0.444. The number of ether oxygens (including phenoxy) is 1. The molecule has 1 aromatic rings. The van der Waals surface area contributed by atoms with Gasteiger partial charge in [0.05, 0.1) is 17.6 Å². The first kappa shape index (κ1) is 14.0. The fourth-order valence-electron chi connectivity index (χ4n) is 0.900. The molecule has 1 aromatic carbocycles. The molecule has 0 bridgehead atoms. The molecule has 0 saturated heterocycles. The van der Waals surface area contributed by atoms with Crippen molar-refractivity contribution in [3.63, 3.8) is 0 Å². The SMILES string of the molecule is CC.COC(=O)c1ccc([N+](=O)[O-])c(F)c1. The second kappa shape index (κ2) is 6.49. The number of hydrogen-bond donors (Lipinski definition) is 0. The van der Waals surface area contributed by atoms with Crippen molar-refractivity contribution in [1.29, 1.82) is 0 Å². The zero-order valence-electron chi connectivity index (χ0n) is 9.19. The summed E-state index contributed by atoms with van der Waals surface area (Å²) >= 11 is 0. The van der Waals surface area contributed by atoms with Crippen LogP contribution in [-0.4, -0.2) is 18.0 Å². The van der Waals surface area contributed by atoms with E-state index in [2.05, 4.69) is 4.74 Å². The Hall–Kier alpha value is -1.98. The third kappa shape index (κ3) is 3.30. The third-order valence-corrected chi connectivity index (χ3v) is 1.57. The summed E-state index contributed by atoms with van der Waals surface area (Å²) in [5.74, 6) is -1.79. The van der Waals surface area contributed by atoms with Crippen molar-refractivity contribution in [2.24, 2.45) is 0 Å². The summed E-state index contributed by atoms with van der Waals surface area (Å²) in [4.78, 5) is 20.2. The lowest BCUT2D eigenvalue weighted by Crippen LogP contribution is -2.02. The predicted octanol–water partition coefficient (Wildman–Crippen LogP) is 2.55. The van der Waals surface area contributed by atoms with Gasteiger partial charge in [-0.05, 0) is 12.1 Å². The Kier molecular flexibility index (Phi) is 5.69. The van der Waals surface area contributed by atoms with Crippen LogP contribution in [0.1, 0.15) is 24.2 Å². The number of carbonyl (C=O) groups is 1. The van der Waals surface area contributed by atoms with Gasteiger partial charge < -0.3 is 4.74 Å². The first-order valence-electron chi connectivity index (χ1n) is 4.58. The minimum Gasteiger partial charge on any atom is -0.465 e. The molecule has 0 aromatic heterocycles. The van der Waals surface area contributed by atoms with Gasteiger partial charge in [-0.15, -0.1) is 0 Å². The molecule has 0 amide bonds. The second-order valence-electron chi connectivity index (χ2n) is 2.41. The van der Waals surface area contributed by atoms with Gasteiger partial charge in [-0.3, -0.25) is 10.1 Å². The highest BCUT2D eigenvalue weighted by Crippen LogP contribution is 2.18. The summed E-state index contributed by atoms with van der Waals surface area (Å²) in [6.45, 7) is 4.00. The van der Waals surface area contributed by atoms with Crippen LogP contribution < -0.4 is 0 Å². The molecule has 88 valence electrons. The average Bonchev–Trinajstić information content (AvgIpc) is 2.30. The van der Waals surface area contributed by atoms with E-state index < -0.39 is 22.4 Å². The molecule has 5 nitrogen and oxygen atoms in total. The Labute approximate surface area is 92.0 Å². The highest BCUT2D eigenvalue weighted by Gasteiger charge is 2.16. The van der Waals surface area contributed by atoms with Gasteiger partial charge in [0.1, 0.15) is 0 Å². The van der Waals surface area contributed by atoms with Gasteiger partial charge in [0.25, 0.3) is 0 Å². The zero-order chi connectivity index (χ0) is 12.7. The molecule has 0 unspecified atom stereocenters. The summed E-state index contributed by atoms with van der Waals surface area (Å²) < 4.78 is 17.3. The van der Waals surface area contributed by atoms with E-state index >= 15 is 0 Å². The first-order valence-corrected chi connectivity index (χ1v) is 4.58. The monoisotopic (exact) mass is 229 g/mol. The molecule has 0 fully saturated rings. The van der Waals surface area contributed by atoms with E-state index in [9.17, 15) is 19.3 Å². The van der Waals surface area contributed by atoms with Gasteiger partial charge >= 0.3 is 11.7 Å². The fourth-order valence-corrected chi connectivity index (χ4v) is 0.900. The van der Waals surface area contributed by atoms with Crippen molar-refractivity contribution >= 4 is 11.7 Å². The first-order chi connectivity index (χ1) is 7.56. The average molecular weight is 229 g/mol. The maximum atomic E-state index is 12.9. The van der Waals surface area contributed by atoms with Crippen LogP contribution in [0.4, 0.5) is 10.1 Å². The Bertz CT molecular complexity index is 392. The Morgan fingerprint density at radius 2 is 2.00 bits per heavy atom. The minimum absolute atomic E-state index is 0.0596. The van der Waals surface area contributed by atoms with Crippen LogP contribution in [0.2, 0.25) is 0 Å². The van der Waals surface area contributed by atoms with Crippen molar-refractivity contribution in [3.8, 4) is 0 Å². The topological polar surface area (TPSA) is 69.4 Å². The number of halogens is 1. The van der Waals surface area contributed by atoms with Crippen LogP contribution >= 0.6 is 0 Å². The van der Waals surface area contributed by atoms with E-state index in [0.717, 1.165) is 25.3 Å². The molecule has 16 heavy (non-hydrogen) atoms. The Morgan fingerprint density at radius 1 is 1.44 bits per heavy atom. The van der Waals surface area contributed by atoms with Crippen molar-refractivity contribution in [2.45, 2.75) is 13.8 Å². The lowest BCUT2D eigenvalue weighted by Gasteiger charge is -1.98. The van der Waals surface area contributed by atoms with Gasteiger partial charge in [-0.1, -0.05) is 13.8 Å². The molecular weight excluding hydrogens is 217 g/mol. The number of benzene rings is 1. The summed E-state index contributed by atoms with van der Waals surface area (Å²) in [6.07, 6.45) is 0. The fraction of sp³-hybridized carbons (Fsp3) is 0.300. The summed E-state index contributed by atoms with van der Waals surface area (Å²) in [6, 6.07) is 2.82. The lowest BCUT2D eigenvalue weighted by molar-refractivity contribution is -0.387. The van der Waals surface area contributed by atoms with E-state index in [-0.39, 0.29) is 5.56 Å². The highest BCUT2D eigenvalue weighted by molar-refractivity contribution is 5.89. The van der Waals surface area contributed by atoms with Crippen LogP contribution in [0.5, 0.6) is 0 Å². The summed E-state index contributed by atoms with van der Waals surface area (Å²) in [5.41, 5.74) is -0.728. The number of nitro benzene ring substituents is 1. The molecule has 0 saturated carbocycles. The Balaban J connectivity index is 0.00000106. The molecule has 0 aliphatic carbocycles. The minimum atomic E-state index is -1.06. The molecule has 0 N–H and O–H groups in total. The van der Waals surface area contributed by atoms with Crippen LogP contribution in [0.25, 0.3) is 0 Å². The molecule has 0 aliphatic rings. The van der Waals surface area contributed by atoms with Crippen LogP contribution in [0, 0.1) is 15.9 Å². The summed E-state index contributed by atoms with van der Waals surface area (Å²) in [5, 5.41) is 10.2. The van der Waals surface area contributed by atoms with E-state index in [1.165, 1.54) is 0 Å². The van der Waals surface area contributed by atoms with Crippen LogP contribution in [0.15, 0.2) is 18.2 Å². The maximum absolute atomic E-state index is 12.9. The van der Waals surface area contributed by atoms with E-state index in [1.807, 2.05) is 13.8 Å². The number of esters is 1. The number of rotatable bonds is 2. The van der Waals surface area contributed by atoms with Crippen LogP contribution in [-0.2, 0) is 4.74 Å². The van der Waals surface area contributed by atoms with Gasteiger partial charge in [0.15, 0.2) is 0 Å². The molecule has 0 spiro atoms. The number of methoxy groups -OCH3 is 1. The maximum Gasteiger partial charge on any atom is 0.337 e. The normalized spacial score (nSPS) is 8.75. The van der Waals surface area contributed by atoms with Gasteiger partial charge in [-0.25, -0.2) is 4.79 Å². The van der Waals surface area contributed by atoms with Crippen molar-refractivity contribution < 1.29 is 18.8 Å². The third-order valence-electron chi connectivity index (χ3n) is 1.57. The van der Waals surface area contributed by atoms with E-state index in [0.29, 0.717) is 0 Å². The molecule has 0 aliphatic heterocycles. The number of carbonyl (C=O) groups excluding carboxylic acids is 1. The molecule has 0 atom stereocenters. The zero-order valence-corrected chi connectivity index (χ0v) is 9.19. The predicted molar refractivity (Wildman–Crippen MR) is 55.7 cm³/mol. The number of hydrogen-bond acceptors (Lipinski definition) is 4. The highest BCUT2D eigenvalue weighted by atomic mass is 19.1. The molecule has 6 heteroatoms. The molecular formula is C10H12FNO4. The van der Waals surface area contributed by atoms with Crippen molar-refractivity contribution in [2.75, 3.05) is 7.11 Å². The van der Waals surface area contributed by atoms with Gasteiger partial charge in [0, 0.05) is 6.07 Å². The molecule has 0 radical (unpaired) electrons. The van der Waals surface area contributed by atoms with Gasteiger partial charge in [-0.2, -0.15) is 4.39 Å².